The van der Waals surface area contributed by atoms with E-state index < -0.39 is 0 Å². The number of nitrogens with zero attached hydrogens (tertiary/aromatic N) is 2. The van der Waals surface area contributed by atoms with E-state index in [0.717, 1.165) is 19.5 Å². The maximum Gasteiger partial charge on any atom is 0.242 e. The number of carbonyl (C=O) groups is 1. The van der Waals surface area contributed by atoms with Gasteiger partial charge >= 0.3 is 0 Å². The standard InChI is InChI=1S/C11H22N2O2/c1-5-6-13-8-11(2,3)12(4)9(7-14)10(13)15/h9,14H,5-8H2,1-4H3. The number of rotatable bonds is 3. The fourth-order valence-electron chi connectivity index (χ4n) is 2.11. The quantitative estimate of drug-likeness (QED) is 0.735. The highest BCUT2D eigenvalue weighted by atomic mass is 16.3. The minimum atomic E-state index is -0.375. The average molecular weight is 214 g/mol. The average Bonchev–Trinajstić information content (AvgIpc) is 2.16. The molecule has 1 rings (SSSR count). The lowest BCUT2D eigenvalue weighted by Crippen LogP contribution is -2.66. The van der Waals surface area contributed by atoms with E-state index in [-0.39, 0.29) is 24.1 Å². The van der Waals surface area contributed by atoms with Crippen LogP contribution in [0.4, 0.5) is 0 Å². The van der Waals surface area contributed by atoms with E-state index in [1.807, 2.05) is 16.8 Å². The summed E-state index contributed by atoms with van der Waals surface area (Å²) in [5.41, 5.74) is -0.0591. The summed E-state index contributed by atoms with van der Waals surface area (Å²) < 4.78 is 0. The summed E-state index contributed by atoms with van der Waals surface area (Å²) in [6.45, 7) is 7.69. The summed E-state index contributed by atoms with van der Waals surface area (Å²) in [7, 11) is 1.90. The van der Waals surface area contributed by atoms with Gasteiger partial charge in [0.25, 0.3) is 0 Å². The lowest BCUT2D eigenvalue weighted by Gasteiger charge is -2.48. The van der Waals surface area contributed by atoms with Gasteiger partial charge in [0, 0.05) is 18.6 Å². The molecule has 1 N–H and O–H groups in total. The van der Waals surface area contributed by atoms with Gasteiger partial charge in [-0.15, -0.1) is 0 Å². The second-order valence-corrected chi connectivity index (χ2v) is 4.88. The number of hydrogen-bond acceptors (Lipinski definition) is 3. The normalized spacial score (nSPS) is 27.1. The third kappa shape index (κ3) is 2.32. The maximum absolute atomic E-state index is 12.0. The van der Waals surface area contributed by atoms with Crippen molar-refractivity contribution in [2.24, 2.45) is 0 Å². The minimum absolute atomic E-state index is 0.0566. The molecular formula is C11H22N2O2. The topological polar surface area (TPSA) is 43.8 Å². The van der Waals surface area contributed by atoms with Crippen molar-refractivity contribution in [3.8, 4) is 0 Å². The Balaban J connectivity index is 2.85. The molecule has 0 aliphatic carbocycles. The zero-order chi connectivity index (χ0) is 11.6. The Morgan fingerprint density at radius 2 is 2.13 bits per heavy atom. The fourth-order valence-corrected chi connectivity index (χ4v) is 2.11. The number of piperazine rings is 1. The van der Waals surface area contributed by atoms with Crippen molar-refractivity contribution >= 4 is 5.91 Å². The monoisotopic (exact) mass is 214 g/mol. The molecule has 15 heavy (non-hydrogen) atoms. The van der Waals surface area contributed by atoms with Crippen molar-refractivity contribution in [1.29, 1.82) is 0 Å². The van der Waals surface area contributed by atoms with Gasteiger partial charge in [0.1, 0.15) is 6.04 Å². The molecule has 0 saturated carbocycles. The molecule has 4 heteroatoms. The molecule has 1 atom stereocenters. The van der Waals surface area contributed by atoms with Crippen molar-refractivity contribution in [3.63, 3.8) is 0 Å². The third-order valence-electron chi connectivity index (χ3n) is 3.26. The third-order valence-corrected chi connectivity index (χ3v) is 3.26. The molecule has 1 saturated heterocycles. The van der Waals surface area contributed by atoms with Gasteiger partial charge in [-0.25, -0.2) is 0 Å². The zero-order valence-electron chi connectivity index (χ0n) is 10.2. The van der Waals surface area contributed by atoms with Crippen LogP contribution in [0.5, 0.6) is 0 Å². The molecule has 1 heterocycles. The van der Waals surface area contributed by atoms with Crippen LogP contribution in [0.1, 0.15) is 27.2 Å². The number of carbonyl (C=O) groups excluding carboxylic acids is 1. The van der Waals surface area contributed by atoms with Gasteiger partial charge in [-0.1, -0.05) is 6.92 Å². The highest BCUT2D eigenvalue weighted by Gasteiger charge is 2.42. The SMILES string of the molecule is CCCN1CC(C)(C)N(C)C(CO)C1=O. The summed E-state index contributed by atoms with van der Waals surface area (Å²) in [6, 6.07) is -0.375. The van der Waals surface area contributed by atoms with Gasteiger partial charge in [-0.2, -0.15) is 0 Å². The van der Waals surface area contributed by atoms with Crippen LogP contribution in [0.15, 0.2) is 0 Å². The summed E-state index contributed by atoms with van der Waals surface area (Å²) in [5.74, 6) is 0.0566. The van der Waals surface area contributed by atoms with Crippen molar-refractivity contribution in [3.05, 3.63) is 0 Å². The predicted molar refractivity (Wildman–Crippen MR) is 59.6 cm³/mol. The first-order valence-corrected chi connectivity index (χ1v) is 5.56. The van der Waals surface area contributed by atoms with E-state index in [1.165, 1.54) is 0 Å². The van der Waals surface area contributed by atoms with Gasteiger partial charge in [0.15, 0.2) is 0 Å². The second-order valence-electron chi connectivity index (χ2n) is 4.88. The summed E-state index contributed by atoms with van der Waals surface area (Å²) in [4.78, 5) is 15.8. The van der Waals surface area contributed by atoms with E-state index in [1.54, 1.807) is 0 Å². The van der Waals surface area contributed by atoms with Crippen molar-refractivity contribution < 1.29 is 9.90 Å². The Hall–Kier alpha value is -0.610. The molecular weight excluding hydrogens is 192 g/mol. The van der Waals surface area contributed by atoms with Crippen LogP contribution in [0, 0.1) is 0 Å². The molecule has 0 aromatic heterocycles. The van der Waals surface area contributed by atoms with E-state index in [4.69, 9.17) is 0 Å². The van der Waals surface area contributed by atoms with Crippen molar-refractivity contribution in [2.45, 2.75) is 38.8 Å². The first-order valence-electron chi connectivity index (χ1n) is 5.56. The number of amides is 1. The second kappa shape index (κ2) is 4.49. The summed E-state index contributed by atoms with van der Waals surface area (Å²) in [5, 5.41) is 9.26. The highest BCUT2D eigenvalue weighted by Crippen LogP contribution is 2.24. The molecule has 1 aliphatic rings. The number of hydrogen-bond donors (Lipinski definition) is 1. The lowest BCUT2D eigenvalue weighted by molar-refractivity contribution is -0.150. The Morgan fingerprint density at radius 3 is 2.60 bits per heavy atom. The molecule has 0 aromatic carbocycles. The molecule has 0 radical (unpaired) electrons. The van der Waals surface area contributed by atoms with Crippen LogP contribution < -0.4 is 0 Å². The highest BCUT2D eigenvalue weighted by molar-refractivity contribution is 5.83. The summed E-state index contributed by atoms with van der Waals surface area (Å²) >= 11 is 0. The van der Waals surface area contributed by atoms with E-state index in [2.05, 4.69) is 20.8 Å². The van der Waals surface area contributed by atoms with Crippen LogP contribution in [0.3, 0.4) is 0 Å². The molecule has 1 amide bonds. The van der Waals surface area contributed by atoms with Gasteiger partial charge in [0.05, 0.1) is 6.61 Å². The lowest BCUT2D eigenvalue weighted by atomic mass is 9.95. The molecule has 1 fully saturated rings. The zero-order valence-corrected chi connectivity index (χ0v) is 10.2. The van der Waals surface area contributed by atoms with E-state index in [9.17, 15) is 9.90 Å². The fraction of sp³-hybridized carbons (Fsp3) is 0.909. The molecule has 4 nitrogen and oxygen atoms in total. The molecule has 0 bridgehead atoms. The van der Waals surface area contributed by atoms with Gasteiger partial charge < -0.3 is 10.0 Å². The van der Waals surface area contributed by atoms with Gasteiger partial charge in [-0.05, 0) is 27.3 Å². The molecule has 1 unspecified atom stereocenters. The van der Waals surface area contributed by atoms with Crippen LogP contribution in [0.25, 0.3) is 0 Å². The Kier molecular flexibility index (Phi) is 3.73. The minimum Gasteiger partial charge on any atom is -0.394 e. The van der Waals surface area contributed by atoms with E-state index in [0.29, 0.717) is 0 Å². The molecule has 0 aromatic rings. The van der Waals surface area contributed by atoms with Crippen LogP contribution >= 0.6 is 0 Å². The first-order chi connectivity index (χ1) is 6.94. The van der Waals surface area contributed by atoms with Crippen LogP contribution in [-0.2, 0) is 4.79 Å². The van der Waals surface area contributed by atoms with Crippen LogP contribution in [-0.4, -0.2) is 59.1 Å². The predicted octanol–water partition coefficient (Wildman–Crippen LogP) is 0.310. The number of aliphatic hydroxyl groups is 1. The summed E-state index contributed by atoms with van der Waals surface area (Å²) in [6.07, 6.45) is 0.962. The molecule has 88 valence electrons. The maximum atomic E-state index is 12.0. The Morgan fingerprint density at radius 1 is 1.53 bits per heavy atom. The smallest absolute Gasteiger partial charge is 0.242 e. The van der Waals surface area contributed by atoms with Crippen LogP contribution in [0.2, 0.25) is 0 Å². The van der Waals surface area contributed by atoms with Crippen molar-refractivity contribution in [2.75, 3.05) is 26.7 Å². The van der Waals surface area contributed by atoms with Gasteiger partial charge in [-0.3, -0.25) is 9.69 Å². The van der Waals surface area contributed by atoms with Crippen molar-refractivity contribution in [1.82, 2.24) is 9.80 Å². The molecule has 1 aliphatic heterocycles. The largest absolute Gasteiger partial charge is 0.394 e. The number of likely N-dealkylation sites (N-methyl/N-ethyl adjacent to an activating group) is 1. The first kappa shape index (κ1) is 12.5. The van der Waals surface area contributed by atoms with E-state index >= 15 is 0 Å². The Bertz CT molecular complexity index is 241. The Labute approximate surface area is 91.9 Å². The van der Waals surface area contributed by atoms with Gasteiger partial charge in [0.2, 0.25) is 5.91 Å². The molecule has 0 spiro atoms. The number of aliphatic hydroxyl groups excluding tert-OH is 1.